The summed E-state index contributed by atoms with van der Waals surface area (Å²) in [5.41, 5.74) is 0.220. The maximum atomic E-state index is 12.0. The number of hydrogen-bond acceptors (Lipinski definition) is 4. The van der Waals surface area contributed by atoms with Crippen LogP contribution in [0.15, 0.2) is 47.2 Å². The second-order valence-corrected chi connectivity index (χ2v) is 5.04. The number of halogens is 4. The molecular weight excluding hydrogens is 367 g/mol. The lowest BCUT2D eigenvalue weighted by Gasteiger charge is -2.09. The molecule has 116 valence electrons. The van der Waals surface area contributed by atoms with E-state index in [0.29, 0.717) is 10.2 Å². The number of nitrogens with zero attached hydrogens (tertiary/aromatic N) is 1. The van der Waals surface area contributed by atoms with E-state index in [4.69, 9.17) is 4.74 Å². The summed E-state index contributed by atoms with van der Waals surface area (Å²) in [5, 5.41) is 0. The molecule has 0 fully saturated rings. The van der Waals surface area contributed by atoms with E-state index in [1.807, 2.05) is 0 Å². The molecule has 0 aliphatic rings. The summed E-state index contributed by atoms with van der Waals surface area (Å²) in [6, 6.07) is 6.27. The van der Waals surface area contributed by atoms with Gasteiger partial charge in [-0.25, -0.2) is 0 Å². The Bertz CT molecular complexity index is 659. The minimum atomic E-state index is -4.76. The first-order valence-corrected chi connectivity index (χ1v) is 6.75. The van der Waals surface area contributed by atoms with Crippen molar-refractivity contribution >= 4 is 21.7 Å². The second kappa shape index (κ2) is 6.78. The number of benzene rings is 1. The van der Waals surface area contributed by atoms with Crippen LogP contribution in [0.1, 0.15) is 10.4 Å². The van der Waals surface area contributed by atoms with Crippen LogP contribution >= 0.6 is 15.9 Å². The van der Waals surface area contributed by atoms with Crippen LogP contribution in [0.2, 0.25) is 0 Å². The minimum Gasteiger partial charge on any atom is -0.484 e. The van der Waals surface area contributed by atoms with Crippen molar-refractivity contribution in [3.05, 3.63) is 52.8 Å². The Balaban J connectivity index is 1.95. The highest BCUT2D eigenvalue weighted by molar-refractivity contribution is 9.10. The van der Waals surface area contributed by atoms with Crippen LogP contribution in [0.5, 0.6) is 11.5 Å². The standard InChI is InChI=1S/C14H9BrF3NO3/c15-10-5-12(7-19-6-10)21-8-13(20)9-1-3-11(4-2-9)22-14(16,17)18/h1-7H,8H2. The summed E-state index contributed by atoms with van der Waals surface area (Å²) in [4.78, 5) is 15.8. The van der Waals surface area contributed by atoms with Crippen LogP contribution in [0.4, 0.5) is 13.2 Å². The average molecular weight is 376 g/mol. The van der Waals surface area contributed by atoms with Gasteiger partial charge < -0.3 is 9.47 Å². The molecule has 22 heavy (non-hydrogen) atoms. The van der Waals surface area contributed by atoms with Crippen molar-refractivity contribution in [2.45, 2.75) is 6.36 Å². The zero-order valence-corrected chi connectivity index (χ0v) is 12.5. The minimum absolute atomic E-state index is 0.220. The van der Waals surface area contributed by atoms with Gasteiger partial charge in [0.2, 0.25) is 0 Å². The number of aromatic nitrogens is 1. The molecule has 1 aromatic heterocycles. The van der Waals surface area contributed by atoms with Gasteiger partial charge in [0.25, 0.3) is 0 Å². The van der Waals surface area contributed by atoms with Crippen LogP contribution in [-0.2, 0) is 0 Å². The highest BCUT2D eigenvalue weighted by Crippen LogP contribution is 2.23. The maximum absolute atomic E-state index is 12.0. The monoisotopic (exact) mass is 375 g/mol. The van der Waals surface area contributed by atoms with Gasteiger partial charge in [-0.15, -0.1) is 13.2 Å². The van der Waals surface area contributed by atoms with E-state index in [9.17, 15) is 18.0 Å². The van der Waals surface area contributed by atoms with Crippen molar-refractivity contribution in [3.63, 3.8) is 0 Å². The van der Waals surface area contributed by atoms with E-state index in [-0.39, 0.29) is 23.7 Å². The number of hydrogen-bond donors (Lipinski definition) is 0. The van der Waals surface area contributed by atoms with Gasteiger partial charge in [0.05, 0.1) is 6.20 Å². The molecule has 0 atom stereocenters. The molecule has 1 heterocycles. The number of Topliss-reactive ketones (excluding diaryl/α,β-unsaturated/α-hetero) is 1. The molecular formula is C14H9BrF3NO3. The smallest absolute Gasteiger partial charge is 0.484 e. The molecule has 8 heteroatoms. The van der Waals surface area contributed by atoms with Gasteiger partial charge >= 0.3 is 6.36 Å². The van der Waals surface area contributed by atoms with Gasteiger partial charge in [0, 0.05) is 16.2 Å². The number of ether oxygens (including phenoxy) is 2. The Hall–Kier alpha value is -2.09. The van der Waals surface area contributed by atoms with Gasteiger partial charge in [-0.3, -0.25) is 9.78 Å². The summed E-state index contributed by atoms with van der Waals surface area (Å²) in [6.45, 7) is -0.252. The molecule has 0 aliphatic heterocycles. The summed E-state index contributed by atoms with van der Waals surface area (Å²) in [7, 11) is 0. The molecule has 4 nitrogen and oxygen atoms in total. The maximum Gasteiger partial charge on any atom is 0.573 e. The fourth-order valence-electron chi connectivity index (χ4n) is 1.55. The predicted molar refractivity (Wildman–Crippen MR) is 74.9 cm³/mol. The Morgan fingerprint density at radius 2 is 1.82 bits per heavy atom. The van der Waals surface area contributed by atoms with Gasteiger partial charge in [0.1, 0.15) is 11.5 Å². The van der Waals surface area contributed by atoms with Crippen molar-refractivity contribution in [2.75, 3.05) is 6.61 Å². The van der Waals surface area contributed by atoms with Gasteiger partial charge in [0.15, 0.2) is 12.4 Å². The molecule has 0 saturated carbocycles. The summed E-state index contributed by atoms with van der Waals surface area (Å²) in [5.74, 6) is -0.362. The predicted octanol–water partition coefficient (Wildman–Crippen LogP) is 4.00. The molecule has 0 amide bonds. The molecule has 2 aromatic rings. The zero-order chi connectivity index (χ0) is 16.2. The number of rotatable bonds is 5. The third kappa shape index (κ3) is 5.03. The molecule has 0 bridgehead atoms. The molecule has 0 N–H and O–H groups in total. The largest absolute Gasteiger partial charge is 0.573 e. The van der Waals surface area contributed by atoms with Crippen LogP contribution in [0.3, 0.4) is 0 Å². The summed E-state index contributed by atoms with van der Waals surface area (Å²) >= 11 is 3.21. The lowest BCUT2D eigenvalue weighted by atomic mass is 10.1. The van der Waals surface area contributed by atoms with Crippen LogP contribution in [0.25, 0.3) is 0 Å². The first kappa shape index (κ1) is 16.3. The van der Waals surface area contributed by atoms with Gasteiger partial charge in [-0.05, 0) is 46.3 Å². The normalized spacial score (nSPS) is 11.1. The highest BCUT2D eigenvalue weighted by Gasteiger charge is 2.31. The second-order valence-electron chi connectivity index (χ2n) is 4.12. The molecule has 0 radical (unpaired) electrons. The first-order valence-electron chi connectivity index (χ1n) is 5.96. The van der Waals surface area contributed by atoms with Crippen LogP contribution < -0.4 is 9.47 Å². The topological polar surface area (TPSA) is 48.4 Å². The van der Waals surface area contributed by atoms with E-state index in [1.165, 1.54) is 18.3 Å². The molecule has 2 rings (SSSR count). The number of carbonyl (C=O) groups excluding carboxylic acids is 1. The Kier molecular flexibility index (Phi) is 5.02. The summed E-state index contributed by atoms with van der Waals surface area (Å²) < 4.78 is 45.8. The number of ketones is 1. The highest BCUT2D eigenvalue weighted by atomic mass is 79.9. The first-order chi connectivity index (χ1) is 10.3. The Morgan fingerprint density at radius 1 is 1.14 bits per heavy atom. The fourth-order valence-corrected chi connectivity index (χ4v) is 1.89. The van der Waals surface area contributed by atoms with Crippen molar-refractivity contribution < 1.29 is 27.4 Å². The fraction of sp³-hybridized carbons (Fsp3) is 0.143. The number of carbonyl (C=O) groups is 1. The Morgan fingerprint density at radius 3 is 2.41 bits per heavy atom. The van der Waals surface area contributed by atoms with E-state index in [0.717, 1.165) is 12.1 Å². The molecule has 0 spiro atoms. The lowest BCUT2D eigenvalue weighted by molar-refractivity contribution is -0.274. The van der Waals surface area contributed by atoms with E-state index in [1.54, 1.807) is 12.3 Å². The van der Waals surface area contributed by atoms with Crippen LogP contribution in [-0.4, -0.2) is 23.7 Å². The van der Waals surface area contributed by atoms with Gasteiger partial charge in [-0.1, -0.05) is 0 Å². The Labute approximate surface area is 132 Å². The van der Waals surface area contributed by atoms with Crippen molar-refractivity contribution in [1.29, 1.82) is 0 Å². The van der Waals surface area contributed by atoms with E-state index < -0.39 is 6.36 Å². The SMILES string of the molecule is O=C(COc1cncc(Br)c1)c1ccc(OC(F)(F)F)cc1. The zero-order valence-electron chi connectivity index (χ0n) is 10.9. The van der Waals surface area contributed by atoms with Crippen molar-refractivity contribution in [3.8, 4) is 11.5 Å². The quantitative estimate of drug-likeness (QED) is 0.741. The molecule has 1 aromatic carbocycles. The average Bonchev–Trinajstić information content (AvgIpc) is 2.44. The van der Waals surface area contributed by atoms with Gasteiger partial charge in [-0.2, -0.15) is 0 Å². The van der Waals surface area contributed by atoms with Crippen LogP contribution in [0, 0.1) is 0 Å². The third-order valence-electron chi connectivity index (χ3n) is 2.46. The third-order valence-corrected chi connectivity index (χ3v) is 2.89. The number of pyridine rings is 1. The van der Waals surface area contributed by atoms with Crippen molar-refractivity contribution in [2.24, 2.45) is 0 Å². The lowest BCUT2D eigenvalue weighted by Crippen LogP contribution is -2.17. The van der Waals surface area contributed by atoms with E-state index in [2.05, 4.69) is 25.7 Å². The van der Waals surface area contributed by atoms with Crippen molar-refractivity contribution in [1.82, 2.24) is 4.98 Å². The molecule has 0 unspecified atom stereocenters. The molecule has 0 aliphatic carbocycles. The van der Waals surface area contributed by atoms with E-state index >= 15 is 0 Å². The molecule has 0 saturated heterocycles. The number of alkyl halides is 3. The summed E-state index contributed by atoms with van der Waals surface area (Å²) in [6.07, 6.45) is -1.76.